The minimum absolute atomic E-state index is 0.534. The zero-order valence-corrected chi connectivity index (χ0v) is 12.9. The van der Waals surface area contributed by atoms with Crippen molar-refractivity contribution in [2.24, 2.45) is 0 Å². The van der Waals surface area contributed by atoms with Crippen molar-refractivity contribution < 1.29 is 0 Å². The quantitative estimate of drug-likeness (QED) is 0.907. The van der Waals surface area contributed by atoms with E-state index in [1.807, 2.05) is 12.5 Å². The highest BCUT2D eigenvalue weighted by atomic mass is 15.2. The largest absolute Gasteiger partial charge is 0.357 e. The van der Waals surface area contributed by atoms with Gasteiger partial charge in [-0.3, -0.25) is 0 Å². The van der Waals surface area contributed by atoms with Crippen LogP contribution in [-0.4, -0.2) is 34.1 Å². The first kappa shape index (κ1) is 13.8. The summed E-state index contributed by atoms with van der Waals surface area (Å²) >= 11 is 0. The lowest BCUT2D eigenvalue weighted by Gasteiger charge is -2.23. The van der Waals surface area contributed by atoms with Crippen LogP contribution in [0.15, 0.2) is 24.7 Å². The second-order valence-corrected chi connectivity index (χ2v) is 6.37. The van der Waals surface area contributed by atoms with Crippen LogP contribution >= 0.6 is 0 Å². The highest BCUT2D eigenvalue weighted by Crippen LogP contribution is 2.19. The minimum Gasteiger partial charge on any atom is -0.357 e. The Hall–Kier alpha value is -1.88. The van der Waals surface area contributed by atoms with Gasteiger partial charge in [-0.25, -0.2) is 9.97 Å². The highest BCUT2D eigenvalue weighted by Gasteiger charge is 2.20. The number of anilines is 1. The molecule has 22 heavy (non-hydrogen) atoms. The zero-order valence-electron chi connectivity index (χ0n) is 12.9. The summed E-state index contributed by atoms with van der Waals surface area (Å²) in [6.45, 7) is 3.19. The van der Waals surface area contributed by atoms with E-state index in [1.54, 1.807) is 0 Å². The molecule has 2 aromatic heterocycles. The average molecular weight is 297 g/mol. The molecule has 2 aliphatic rings. The monoisotopic (exact) mass is 297 g/mol. The van der Waals surface area contributed by atoms with Gasteiger partial charge < -0.3 is 15.2 Å². The smallest absolute Gasteiger partial charge is 0.128 e. The molecule has 2 N–H and O–H groups in total. The van der Waals surface area contributed by atoms with Crippen LogP contribution in [0.1, 0.15) is 36.2 Å². The van der Waals surface area contributed by atoms with Gasteiger partial charge in [-0.1, -0.05) is 6.07 Å². The summed E-state index contributed by atoms with van der Waals surface area (Å²) in [6.07, 6.45) is 9.71. The summed E-state index contributed by atoms with van der Waals surface area (Å²) in [4.78, 5) is 14.6. The Bertz CT molecular complexity index is 612. The van der Waals surface area contributed by atoms with E-state index in [2.05, 4.69) is 37.3 Å². The van der Waals surface area contributed by atoms with Crippen LogP contribution in [0.5, 0.6) is 0 Å². The molecule has 5 heteroatoms. The van der Waals surface area contributed by atoms with Gasteiger partial charge in [-0.15, -0.1) is 0 Å². The number of nitrogens with zero attached hydrogens (tertiary/aromatic N) is 3. The predicted molar refractivity (Wildman–Crippen MR) is 86.9 cm³/mol. The van der Waals surface area contributed by atoms with Crippen LogP contribution in [-0.2, 0) is 19.4 Å². The Morgan fingerprint density at radius 1 is 1.23 bits per heavy atom. The molecule has 0 radical (unpaired) electrons. The standard InChI is InChI=1S/C17H23N5/c1-2-8-22(7-1)17-6-3-13(11-19-17)10-18-14-4-5-15-16(9-14)21-12-20-15/h3,6,11-12,14,18H,1-2,4-5,7-10H2,(H,20,21). The van der Waals surface area contributed by atoms with Crippen molar-refractivity contribution in [1.82, 2.24) is 20.3 Å². The van der Waals surface area contributed by atoms with Crippen LogP contribution in [0.4, 0.5) is 5.82 Å². The summed E-state index contributed by atoms with van der Waals surface area (Å²) in [5.74, 6) is 1.13. The number of fused-ring (bicyclic) bond motifs is 1. The number of H-pyrrole nitrogens is 1. The van der Waals surface area contributed by atoms with Crippen molar-refractivity contribution in [1.29, 1.82) is 0 Å². The van der Waals surface area contributed by atoms with Crippen molar-refractivity contribution in [2.75, 3.05) is 18.0 Å². The molecule has 1 saturated heterocycles. The molecule has 0 amide bonds. The van der Waals surface area contributed by atoms with E-state index < -0.39 is 0 Å². The SMILES string of the molecule is c1nc2c([nH]1)CC(NCc1ccc(N3CCCC3)nc1)CC2. The number of imidazole rings is 1. The number of aromatic nitrogens is 3. The molecule has 1 atom stereocenters. The number of aromatic amines is 1. The molecule has 2 aromatic rings. The molecule has 0 saturated carbocycles. The van der Waals surface area contributed by atoms with Gasteiger partial charge in [-0.2, -0.15) is 0 Å². The van der Waals surface area contributed by atoms with Crippen LogP contribution in [0.3, 0.4) is 0 Å². The number of aryl methyl sites for hydroxylation is 1. The van der Waals surface area contributed by atoms with Gasteiger partial charge in [0.15, 0.2) is 0 Å². The second kappa shape index (κ2) is 6.08. The summed E-state index contributed by atoms with van der Waals surface area (Å²) in [6, 6.07) is 4.90. The molecule has 5 nitrogen and oxygen atoms in total. The molecular weight excluding hydrogens is 274 g/mol. The fraction of sp³-hybridized carbons (Fsp3) is 0.529. The number of hydrogen-bond donors (Lipinski definition) is 2. The molecule has 3 heterocycles. The topological polar surface area (TPSA) is 56.8 Å². The molecule has 0 aromatic carbocycles. The van der Waals surface area contributed by atoms with Crippen LogP contribution < -0.4 is 10.2 Å². The third kappa shape index (κ3) is 2.86. The molecule has 1 unspecified atom stereocenters. The minimum atomic E-state index is 0.534. The van der Waals surface area contributed by atoms with Crippen LogP contribution in [0.25, 0.3) is 0 Å². The average Bonchev–Trinajstić information content (AvgIpc) is 3.24. The molecule has 116 valence electrons. The molecular formula is C17H23N5. The molecule has 0 spiro atoms. The Kier molecular flexibility index (Phi) is 3.81. The van der Waals surface area contributed by atoms with Gasteiger partial charge in [0, 0.05) is 44.0 Å². The molecule has 1 fully saturated rings. The number of pyridine rings is 1. The number of hydrogen-bond acceptors (Lipinski definition) is 4. The van der Waals surface area contributed by atoms with E-state index >= 15 is 0 Å². The van der Waals surface area contributed by atoms with Crippen molar-refractivity contribution in [2.45, 2.75) is 44.7 Å². The normalized spacial score (nSPS) is 21.1. The van der Waals surface area contributed by atoms with Crippen LogP contribution in [0, 0.1) is 0 Å². The first-order valence-electron chi connectivity index (χ1n) is 8.33. The van der Waals surface area contributed by atoms with Gasteiger partial charge in [0.05, 0.1) is 12.0 Å². The fourth-order valence-electron chi connectivity index (χ4n) is 3.49. The summed E-state index contributed by atoms with van der Waals surface area (Å²) in [7, 11) is 0. The molecule has 0 bridgehead atoms. The summed E-state index contributed by atoms with van der Waals surface area (Å²) < 4.78 is 0. The first-order chi connectivity index (χ1) is 10.9. The van der Waals surface area contributed by atoms with Gasteiger partial charge in [-0.05, 0) is 37.3 Å². The van der Waals surface area contributed by atoms with Crippen molar-refractivity contribution in [3.05, 3.63) is 41.6 Å². The Balaban J connectivity index is 1.32. The molecule has 1 aliphatic heterocycles. The van der Waals surface area contributed by atoms with E-state index in [-0.39, 0.29) is 0 Å². The maximum absolute atomic E-state index is 4.62. The Morgan fingerprint density at radius 3 is 2.95 bits per heavy atom. The van der Waals surface area contributed by atoms with E-state index in [0.717, 1.165) is 44.7 Å². The van der Waals surface area contributed by atoms with Crippen molar-refractivity contribution >= 4 is 5.82 Å². The van der Waals surface area contributed by atoms with Crippen LogP contribution in [0.2, 0.25) is 0 Å². The van der Waals surface area contributed by atoms with Gasteiger partial charge in [0.2, 0.25) is 0 Å². The van der Waals surface area contributed by atoms with E-state index in [9.17, 15) is 0 Å². The van der Waals surface area contributed by atoms with E-state index in [4.69, 9.17) is 0 Å². The summed E-state index contributed by atoms with van der Waals surface area (Å²) in [5.41, 5.74) is 3.80. The highest BCUT2D eigenvalue weighted by molar-refractivity contribution is 5.40. The summed E-state index contributed by atoms with van der Waals surface area (Å²) in [5, 5.41) is 3.66. The van der Waals surface area contributed by atoms with Crippen molar-refractivity contribution in [3.8, 4) is 0 Å². The Labute approximate surface area is 131 Å². The lowest BCUT2D eigenvalue weighted by atomic mass is 9.96. The number of nitrogens with one attached hydrogen (secondary N) is 2. The maximum Gasteiger partial charge on any atom is 0.128 e. The predicted octanol–water partition coefficient (Wildman–Crippen LogP) is 2.05. The Morgan fingerprint density at radius 2 is 2.14 bits per heavy atom. The number of rotatable bonds is 4. The third-order valence-corrected chi connectivity index (χ3v) is 4.82. The molecule has 1 aliphatic carbocycles. The molecule has 4 rings (SSSR count). The first-order valence-corrected chi connectivity index (χ1v) is 8.33. The third-order valence-electron chi connectivity index (χ3n) is 4.82. The van der Waals surface area contributed by atoms with E-state index in [0.29, 0.717) is 6.04 Å². The van der Waals surface area contributed by atoms with Gasteiger partial charge >= 0.3 is 0 Å². The van der Waals surface area contributed by atoms with Gasteiger partial charge in [0.25, 0.3) is 0 Å². The van der Waals surface area contributed by atoms with Crippen molar-refractivity contribution in [3.63, 3.8) is 0 Å². The fourth-order valence-corrected chi connectivity index (χ4v) is 3.49. The van der Waals surface area contributed by atoms with Gasteiger partial charge in [0.1, 0.15) is 5.82 Å². The maximum atomic E-state index is 4.62. The van der Waals surface area contributed by atoms with E-state index in [1.165, 1.54) is 29.8 Å². The lowest BCUT2D eigenvalue weighted by Crippen LogP contribution is -2.34. The zero-order chi connectivity index (χ0) is 14.8. The lowest BCUT2D eigenvalue weighted by molar-refractivity contribution is 0.451. The second-order valence-electron chi connectivity index (χ2n) is 6.37.